The van der Waals surface area contributed by atoms with Crippen molar-refractivity contribution in [1.82, 2.24) is 9.55 Å². The summed E-state index contributed by atoms with van der Waals surface area (Å²) in [4.78, 5) is 32.2. The highest BCUT2D eigenvalue weighted by Crippen LogP contribution is 2.27. The van der Waals surface area contributed by atoms with Gasteiger partial charge in [0.05, 0.1) is 23.4 Å². The number of hydrogen-bond donors (Lipinski definition) is 1. The van der Waals surface area contributed by atoms with Gasteiger partial charge in [0.15, 0.2) is 0 Å². The number of fused-ring (bicyclic) bond motifs is 1. The third kappa shape index (κ3) is 4.37. The van der Waals surface area contributed by atoms with Gasteiger partial charge < -0.3 is 10.6 Å². The van der Waals surface area contributed by atoms with Crippen molar-refractivity contribution in [3.8, 4) is 0 Å². The Kier molecular flexibility index (Phi) is 5.98. The maximum absolute atomic E-state index is 14.1. The van der Waals surface area contributed by atoms with Crippen molar-refractivity contribution in [2.45, 2.75) is 19.0 Å². The molecular formula is C25H23FN4O2. The van der Waals surface area contributed by atoms with Gasteiger partial charge in [0.2, 0.25) is 11.9 Å². The Labute approximate surface area is 184 Å². The van der Waals surface area contributed by atoms with Crippen LogP contribution < -0.4 is 16.2 Å². The summed E-state index contributed by atoms with van der Waals surface area (Å²) in [7, 11) is 1.83. The lowest BCUT2D eigenvalue weighted by Crippen LogP contribution is -2.35. The quantitative estimate of drug-likeness (QED) is 0.485. The largest absolute Gasteiger partial charge is 0.370 e. The summed E-state index contributed by atoms with van der Waals surface area (Å²) in [5.41, 5.74) is 7.26. The molecule has 1 aromatic heterocycles. The van der Waals surface area contributed by atoms with E-state index in [2.05, 4.69) is 0 Å². The molecule has 32 heavy (non-hydrogen) atoms. The third-order valence-electron chi connectivity index (χ3n) is 5.33. The van der Waals surface area contributed by atoms with Crippen LogP contribution in [0.5, 0.6) is 0 Å². The Hall–Kier alpha value is -4.00. The summed E-state index contributed by atoms with van der Waals surface area (Å²) >= 11 is 0. The second-order valence-corrected chi connectivity index (χ2v) is 7.69. The van der Waals surface area contributed by atoms with E-state index in [1.807, 2.05) is 48.3 Å². The molecule has 1 amide bonds. The zero-order chi connectivity index (χ0) is 22.7. The molecule has 4 aromatic rings. The Morgan fingerprint density at radius 2 is 1.78 bits per heavy atom. The maximum atomic E-state index is 14.1. The zero-order valence-corrected chi connectivity index (χ0v) is 17.6. The van der Waals surface area contributed by atoms with E-state index in [0.717, 1.165) is 5.56 Å². The van der Waals surface area contributed by atoms with Gasteiger partial charge in [0.1, 0.15) is 5.82 Å². The molecule has 0 saturated carbocycles. The summed E-state index contributed by atoms with van der Waals surface area (Å²) < 4.78 is 15.5. The summed E-state index contributed by atoms with van der Waals surface area (Å²) in [6.45, 7) is 0.484. The van der Waals surface area contributed by atoms with Gasteiger partial charge in [-0.15, -0.1) is 0 Å². The van der Waals surface area contributed by atoms with Gasteiger partial charge in [0.25, 0.3) is 5.56 Å². The Morgan fingerprint density at radius 1 is 1.06 bits per heavy atom. The molecule has 0 radical (unpaired) electrons. The molecule has 0 aliphatic heterocycles. The van der Waals surface area contributed by atoms with Crippen LogP contribution >= 0.6 is 0 Å². The normalized spacial score (nSPS) is 11.9. The predicted octanol–water partition coefficient (Wildman–Crippen LogP) is 3.64. The molecule has 1 unspecified atom stereocenters. The molecule has 0 spiro atoms. The first-order valence-corrected chi connectivity index (χ1v) is 10.2. The van der Waals surface area contributed by atoms with Crippen LogP contribution in [0.15, 0.2) is 83.7 Å². The SMILES string of the molecule is CN(Cc1ccccc1)c1nc2ccccc2c(=O)n1C(CC(N)=O)c1cccc(F)c1. The predicted molar refractivity (Wildman–Crippen MR) is 123 cm³/mol. The number of nitrogens with zero attached hydrogens (tertiary/aromatic N) is 3. The lowest BCUT2D eigenvalue weighted by molar-refractivity contribution is -0.118. The smallest absolute Gasteiger partial charge is 0.263 e. The Bertz CT molecular complexity index is 1320. The molecule has 0 bridgehead atoms. The summed E-state index contributed by atoms with van der Waals surface area (Å²) in [5, 5.41) is 0.412. The number of hydrogen-bond acceptors (Lipinski definition) is 4. The van der Waals surface area contributed by atoms with Crippen LogP contribution in [0.1, 0.15) is 23.6 Å². The fourth-order valence-corrected chi connectivity index (χ4v) is 3.87. The molecule has 2 N–H and O–H groups in total. The van der Waals surface area contributed by atoms with Gasteiger partial charge in [-0.05, 0) is 35.4 Å². The first-order chi connectivity index (χ1) is 15.4. The van der Waals surface area contributed by atoms with E-state index in [1.54, 1.807) is 30.3 Å². The van der Waals surface area contributed by atoms with Crippen LogP contribution in [-0.4, -0.2) is 22.5 Å². The minimum absolute atomic E-state index is 0.171. The number of aromatic nitrogens is 2. The standard InChI is InChI=1S/C25H23FN4O2/c1-29(16-17-8-3-2-4-9-17)25-28-21-13-6-5-12-20(21)24(32)30(25)22(15-23(27)31)18-10-7-11-19(26)14-18/h2-14,22H,15-16H2,1H3,(H2,27,31). The average molecular weight is 430 g/mol. The zero-order valence-electron chi connectivity index (χ0n) is 17.6. The number of para-hydroxylation sites is 1. The van der Waals surface area contributed by atoms with Gasteiger partial charge in [-0.25, -0.2) is 9.37 Å². The molecule has 4 rings (SSSR count). The summed E-state index contributed by atoms with van der Waals surface area (Å²) in [5.74, 6) is -0.693. The van der Waals surface area contributed by atoms with Gasteiger partial charge >= 0.3 is 0 Å². The second-order valence-electron chi connectivity index (χ2n) is 7.69. The highest BCUT2D eigenvalue weighted by atomic mass is 19.1. The molecule has 1 heterocycles. The molecule has 7 heteroatoms. The Morgan fingerprint density at radius 3 is 2.50 bits per heavy atom. The molecule has 3 aromatic carbocycles. The van der Waals surface area contributed by atoms with E-state index < -0.39 is 17.8 Å². The number of amides is 1. The number of carbonyl (C=O) groups is 1. The molecule has 0 fully saturated rings. The molecule has 0 aliphatic carbocycles. The van der Waals surface area contributed by atoms with Gasteiger partial charge in [-0.1, -0.05) is 54.6 Å². The average Bonchev–Trinajstić information content (AvgIpc) is 2.78. The monoisotopic (exact) mass is 430 g/mol. The van der Waals surface area contributed by atoms with E-state index in [0.29, 0.717) is 29.0 Å². The topological polar surface area (TPSA) is 81.2 Å². The van der Waals surface area contributed by atoms with Crippen LogP contribution in [-0.2, 0) is 11.3 Å². The number of primary amides is 1. The van der Waals surface area contributed by atoms with Crippen LogP contribution in [0.3, 0.4) is 0 Å². The lowest BCUT2D eigenvalue weighted by atomic mass is 10.0. The van der Waals surface area contributed by atoms with Crippen molar-refractivity contribution >= 4 is 22.8 Å². The van der Waals surface area contributed by atoms with E-state index in [1.165, 1.54) is 16.7 Å². The second kappa shape index (κ2) is 9.01. The van der Waals surface area contributed by atoms with Gasteiger partial charge in [-0.3, -0.25) is 14.2 Å². The van der Waals surface area contributed by atoms with Crippen LogP contribution in [0, 0.1) is 5.82 Å². The summed E-state index contributed by atoms with van der Waals surface area (Å²) in [6.07, 6.45) is -0.171. The number of anilines is 1. The van der Waals surface area contributed by atoms with E-state index >= 15 is 0 Å². The van der Waals surface area contributed by atoms with Crippen molar-refractivity contribution in [3.05, 3.63) is 106 Å². The molecule has 0 saturated heterocycles. The minimum Gasteiger partial charge on any atom is -0.370 e. The maximum Gasteiger partial charge on any atom is 0.263 e. The Balaban J connectivity index is 1.94. The number of benzene rings is 3. The highest BCUT2D eigenvalue weighted by molar-refractivity contribution is 5.79. The van der Waals surface area contributed by atoms with Crippen molar-refractivity contribution in [2.24, 2.45) is 5.73 Å². The van der Waals surface area contributed by atoms with Crippen molar-refractivity contribution in [3.63, 3.8) is 0 Å². The van der Waals surface area contributed by atoms with Gasteiger partial charge in [0, 0.05) is 13.6 Å². The third-order valence-corrected chi connectivity index (χ3v) is 5.33. The van der Waals surface area contributed by atoms with Crippen LogP contribution in [0.25, 0.3) is 10.9 Å². The highest BCUT2D eigenvalue weighted by Gasteiger charge is 2.25. The molecule has 0 aliphatic rings. The molecule has 162 valence electrons. The summed E-state index contributed by atoms with van der Waals surface area (Å²) in [6, 6.07) is 21.8. The fourth-order valence-electron chi connectivity index (χ4n) is 3.87. The fraction of sp³-hybridized carbons (Fsp3) is 0.160. The molecule has 1 atom stereocenters. The number of carbonyl (C=O) groups excluding carboxylic acids is 1. The molecule has 6 nitrogen and oxygen atoms in total. The van der Waals surface area contributed by atoms with Crippen molar-refractivity contribution in [2.75, 3.05) is 11.9 Å². The number of nitrogens with two attached hydrogens (primary N) is 1. The van der Waals surface area contributed by atoms with Crippen molar-refractivity contribution < 1.29 is 9.18 Å². The van der Waals surface area contributed by atoms with Crippen molar-refractivity contribution in [1.29, 1.82) is 0 Å². The minimum atomic E-state index is -0.805. The van der Waals surface area contributed by atoms with Crippen LogP contribution in [0.2, 0.25) is 0 Å². The lowest BCUT2D eigenvalue weighted by Gasteiger charge is -2.28. The van der Waals surface area contributed by atoms with E-state index in [-0.39, 0.29) is 12.0 Å². The van der Waals surface area contributed by atoms with E-state index in [9.17, 15) is 14.0 Å². The number of rotatable bonds is 7. The van der Waals surface area contributed by atoms with Crippen LogP contribution in [0.4, 0.5) is 10.3 Å². The van der Waals surface area contributed by atoms with Gasteiger partial charge in [-0.2, -0.15) is 0 Å². The van der Waals surface area contributed by atoms with E-state index in [4.69, 9.17) is 10.7 Å². The molecular weight excluding hydrogens is 407 g/mol. The first-order valence-electron chi connectivity index (χ1n) is 10.2. The first kappa shape index (κ1) is 21.2. The number of halogens is 1.